The topological polar surface area (TPSA) is 111 Å². The van der Waals surface area contributed by atoms with Gasteiger partial charge in [-0.05, 0) is 24.8 Å². The van der Waals surface area contributed by atoms with Crippen LogP contribution in [0.1, 0.15) is 12.8 Å². The molecule has 0 spiro atoms. The van der Waals surface area contributed by atoms with Crippen molar-refractivity contribution in [2.75, 3.05) is 24.1 Å². The van der Waals surface area contributed by atoms with Crippen molar-refractivity contribution >= 4 is 17.7 Å². The van der Waals surface area contributed by atoms with E-state index in [1.54, 1.807) is 29.2 Å². The Kier molecular flexibility index (Phi) is 3.67. The zero-order valence-corrected chi connectivity index (χ0v) is 11.5. The summed E-state index contributed by atoms with van der Waals surface area (Å²) in [6.45, 7) is 0.909. The average Bonchev–Trinajstić information content (AvgIpc) is 3.13. The Morgan fingerprint density at radius 2 is 2.29 bits per heavy atom. The van der Waals surface area contributed by atoms with E-state index in [4.69, 9.17) is 5.73 Å². The number of carbonyl (C=O) groups is 1. The van der Waals surface area contributed by atoms with Crippen molar-refractivity contribution < 1.29 is 4.79 Å². The number of nitrogens with zero attached hydrogens (tertiary/aromatic N) is 4. The first-order valence-electron chi connectivity index (χ1n) is 6.86. The van der Waals surface area contributed by atoms with Gasteiger partial charge in [0.25, 0.3) is 0 Å². The zero-order chi connectivity index (χ0) is 14.7. The molecule has 1 aliphatic carbocycles. The minimum Gasteiger partial charge on any atom is -0.368 e. The molecular weight excluding hydrogens is 270 g/mol. The van der Waals surface area contributed by atoms with E-state index in [1.807, 2.05) is 0 Å². The summed E-state index contributed by atoms with van der Waals surface area (Å²) in [7, 11) is 0. The fraction of sp³-hybridized carbons (Fsp3) is 0.385. The van der Waals surface area contributed by atoms with Crippen LogP contribution in [-0.4, -0.2) is 38.7 Å². The number of anilines is 2. The van der Waals surface area contributed by atoms with Crippen LogP contribution < -0.4 is 16.4 Å². The lowest BCUT2D eigenvalue weighted by Gasteiger charge is -2.08. The molecule has 0 saturated heterocycles. The number of nitrogens with two attached hydrogens (primary N) is 1. The predicted molar refractivity (Wildman–Crippen MR) is 77.8 cm³/mol. The van der Waals surface area contributed by atoms with E-state index in [0.717, 1.165) is 6.54 Å². The molecule has 1 saturated carbocycles. The van der Waals surface area contributed by atoms with Gasteiger partial charge in [0.05, 0.1) is 6.54 Å². The van der Waals surface area contributed by atoms with Crippen LogP contribution >= 0.6 is 0 Å². The molecule has 110 valence electrons. The van der Waals surface area contributed by atoms with Crippen LogP contribution in [0.4, 0.5) is 11.8 Å². The maximum Gasteiger partial charge on any atom is 0.239 e. The predicted octanol–water partition coefficient (Wildman–Crippen LogP) is 0.183. The highest BCUT2D eigenvalue weighted by atomic mass is 16.1. The average molecular weight is 287 g/mol. The van der Waals surface area contributed by atoms with Gasteiger partial charge in [0.1, 0.15) is 5.82 Å². The number of rotatable bonds is 6. The molecule has 0 atom stereocenters. The van der Waals surface area contributed by atoms with Crippen molar-refractivity contribution in [3.63, 3.8) is 0 Å². The molecule has 0 bridgehead atoms. The summed E-state index contributed by atoms with van der Waals surface area (Å²) in [5.74, 6) is 1.78. The van der Waals surface area contributed by atoms with Crippen LogP contribution in [-0.2, 0) is 4.79 Å². The van der Waals surface area contributed by atoms with Gasteiger partial charge in [0, 0.05) is 25.0 Å². The number of carbonyl (C=O) groups excluding carboxylic acids is 1. The summed E-state index contributed by atoms with van der Waals surface area (Å²) >= 11 is 0. The normalized spacial score (nSPS) is 13.9. The van der Waals surface area contributed by atoms with E-state index >= 15 is 0 Å². The third kappa shape index (κ3) is 3.68. The van der Waals surface area contributed by atoms with Crippen LogP contribution in [0.3, 0.4) is 0 Å². The lowest BCUT2D eigenvalue weighted by molar-refractivity contribution is -0.119. The molecule has 3 rings (SSSR count). The lowest BCUT2D eigenvalue weighted by Crippen LogP contribution is -2.31. The molecule has 0 aromatic carbocycles. The van der Waals surface area contributed by atoms with Crippen LogP contribution in [0.15, 0.2) is 24.5 Å². The first-order valence-corrected chi connectivity index (χ1v) is 6.86. The van der Waals surface area contributed by atoms with Gasteiger partial charge in [-0.15, -0.1) is 0 Å². The van der Waals surface area contributed by atoms with Gasteiger partial charge in [-0.25, -0.2) is 4.68 Å². The molecule has 1 fully saturated rings. The van der Waals surface area contributed by atoms with Crippen molar-refractivity contribution in [3.8, 4) is 5.82 Å². The van der Waals surface area contributed by atoms with E-state index < -0.39 is 0 Å². The van der Waals surface area contributed by atoms with E-state index in [2.05, 4.69) is 25.7 Å². The first-order chi connectivity index (χ1) is 10.2. The van der Waals surface area contributed by atoms with Gasteiger partial charge in [-0.2, -0.15) is 15.1 Å². The molecule has 0 aliphatic heterocycles. The molecule has 21 heavy (non-hydrogen) atoms. The monoisotopic (exact) mass is 287 g/mol. The molecule has 8 nitrogen and oxygen atoms in total. The summed E-state index contributed by atoms with van der Waals surface area (Å²) in [6, 6.07) is 3.48. The highest BCUT2D eigenvalue weighted by molar-refractivity contribution is 5.80. The summed E-state index contributed by atoms with van der Waals surface area (Å²) in [6.07, 6.45) is 5.83. The van der Waals surface area contributed by atoms with Crippen molar-refractivity contribution in [2.45, 2.75) is 12.8 Å². The number of aromatic nitrogens is 4. The largest absolute Gasteiger partial charge is 0.368 e. The second-order valence-corrected chi connectivity index (χ2v) is 5.02. The molecule has 2 heterocycles. The molecule has 0 radical (unpaired) electrons. The molecule has 0 unspecified atom stereocenters. The van der Waals surface area contributed by atoms with Gasteiger partial charge in [0.2, 0.25) is 11.9 Å². The summed E-state index contributed by atoms with van der Waals surface area (Å²) in [4.78, 5) is 19.8. The molecule has 8 heteroatoms. The Balaban J connectivity index is 1.60. The lowest BCUT2D eigenvalue weighted by atomic mass is 10.4. The van der Waals surface area contributed by atoms with E-state index in [-0.39, 0.29) is 18.4 Å². The highest BCUT2D eigenvalue weighted by Crippen LogP contribution is 2.27. The van der Waals surface area contributed by atoms with Gasteiger partial charge in [0.15, 0.2) is 5.82 Å². The summed E-state index contributed by atoms with van der Waals surface area (Å²) < 4.78 is 1.58. The standard InChI is InChI=1S/C13H17N7O/c14-13-18-10(6-11(19-13)20-5-1-4-17-20)15-8-12(21)16-7-9-2-3-9/h1,4-6,9H,2-3,7-8H2,(H,16,21)(H3,14,15,18,19). The number of nitrogens with one attached hydrogen (secondary N) is 2. The van der Waals surface area contributed by atoms with Crippen molar-refractivity contribution in [3.05, 3.63) is 24.5 Å². The maximum absolute atomic E-state index is 11.7. The minimum absolute atomic E-state index is 0.0558. The SMILES string of the molecule is Nc1nc(NCC(=O)NCC2CC2)cc(-n2cccn2)n1. The second kappa shape index (κ2) is 5.78. The summed E-state index contributed by atoms with van der Waals surface area (Å²) in [5, 5.41) is 9.91. The highest BCUT2D eigenvalue weighted by Gasteiger charge is 2.21. The minimum atomic E-state index is -0.0558. The number of hydrogen-bond donors (Lipinski definition) is 3. The Labute approximate surface area is 121 Å². The Morgan fingerprint density at radius 1 is 1.43 bits per heavy atom. The van der Waals surface area contributed by atoms with Gasteiger partial charge >= 0.3 is 0 Å². The second-order valence-electron chi connectivity index (χ2n) is 5.02. The molecule has 2 aromatic rings. The van der Waals surface area contributed by atoms with Gasteiger partial charge in [-0.3, -0.25) is 4.79 Å². The third-order valence-electron chi connectivity index (χ3n) is 3.18. The third-order valence-corrected chi connectivity index (χ3v) is 3.18. The van der Waals surface area contributed by atoms with Crippen LogP contribution in [0.2, 0.25) is 0 Å². The Hall–Kier alpha value is -2.64. The van der Waals surface area contributed by atoms with E-state index in [9.17, 15) is 4.79 Å². The molecule has 1 amide bonds. The summed E-state index contributed by atoms with van der Waals surface area (Å²) in [5.41, 5.74) is 5.67. The van der Waals surface area contributed by atoms with Crippen molar-refractivity contribution in [2.24, 2.45) is 5.92 Å². The Morgan fingerprint density at radius 3 is 3.00 bits per heavy atom. The molecule has 2 aromatic heterocycles. The molecule has 4 N–H and O–H groups in total. The zero-order valence-electron chi connectivity index (χ0n) is 11.5. The van der Waals surface area contributed by atoms with E-state index in [1.165, 1.54) is 12.8 Å². The van der Waals surface area contributed by atoms with E-state index in [0.29, 0.717) is 17.6 Å². The smallest absolute Gasteiger partial charge is 0.239 e. The fourth-order valence-electron chi connectivity index (χ4n) is 1.88. The van der Waals surface area contributed by atoms with Crippen LogP contribution in [0, 0.1) is 5.92 Å². The number of hydrogen-bond acceptors (Lipinski definition) is 6. The number of amides is 1. The quantitative estimate of drug-likeness (QED) is 0.699. The van der Waals surface area contributed by atoms with Gasteiger partial charge in [-0.1, -0.05) is 0 Å². The maximum atomic E-state index is 11.7. The van der Waals surface area contributed by atoms with Gasteiger partial charge < -0.3 is 16.4 Å². The van der Waals surface area contributed by atoms with Crippen LogP contribution in [0.25, 0.3) is 5.82 Å². The van der Waals surface area contributed by atoms with Crippen LogP contribution in [0.5, 0.6) is 0 Å². The molecule has 1 aliphatic rings. The first kappa shape index (κ1) is 13.3. The Bertz CT molecular complexity index is 621. The molecular formula is C13H17N7O. The van der Waals surface area contributed by atoms with Crippen molar-refractivity contribution in [1.29, 1.82) is 0 Å². The van der Waals surface area contributed by atoms with Crippen molar-refractivity contribution in [1.82, 2.24) is 25.1 Å². The number of nitrogen functional groups attached to an aromatic ring is 1. The fourth-order valence-corrected chi connectivity index (χ4v) is 1.88.